The number of piperidine rings is 2. The zero-order chi connectivity index (χ0) is 30.1. The van der Waals surface area contributed by atoms with Gasteiger partial charge in [0.2, 0.25) is 5.91 Å². The van der Waals surface area contributed by atoms with Gasteiger partial charge in [-0.1, -0.05) is 46.4 Å². The van der Waals surface area contributed by atoms with Crippen molar-refractivity contribution >= 4 is 69.7 Å². The largest absolute Gasteiger partial charge is 0.449 e. The third-order valence-corrected chi connectivity index (χ3v) is 8.17. The van der Waals surface area contributed by atoms with Crippen LogP contribution in [0.25, 0.3) is 0 Å². The van der Waals surface area contributed by atoms with Crippen molar-refractivity contribution in [3.8, 4) is 0 Å². The molecule has 2 N–H and O–H groups in total. The summed E-state index contributed by atoms with van der Waals surface area (Å²) in [5.41, 5.74) is 6.97. The van der Waals surface area contributed by atoms with Crippen molar-refractivity contribution in [2.45, 2.75) is 38.0 Å². The molecule has 1 amide bonds. The Hall–Kier alpha value is -3.05. The maximum atomic E-state index is 11.1. The lowest BCUT2D eigenvalue weighted by molar-refractivity contribution is -0.135. The van der Waals surface area contributed by atoms with Crippen molar-refractivity contribution in [3.05, 3.63) is 75.6 Å². The molecule has 0 atom stereocenters. The number of cyclic esters (lactones) is 1. The number of esters is 1. The van der Waals surface area contributed by atoms with Crippen LogP contribution in [0.4, 0.5) is 11.4 Å². The number of primary amides is 1. The van der Waals surface area contributed by atoms with Crippen molar-refractivity contribution in [2.75, 3.05) is 36.0 Å². The van der Waals surface area contributed by atoms with Crippen LogP contribution in [0.1, 0.15) is 43.9 Å². The van der Waals surface area contributed by atoms with Gasteiger partial charge in [0.25, 0.3) is 0 Å². The summed E-state index contributed by atoms with van der Waals surface area (Å²) in [6.07, 6.45) is 16.7. The number of carbonyl (C=O) groups excluding carboxylic acids is 2. The third kappa shape index (κ3) is 8.50. The van der Waals surface area contributed by atoms with Crippen LogP contribution in [-0.2, 0) is 14.3 Å². The molecule has 0 aliphatic carbocycles. The predicted octanol–water partition coefficient (Wildman–Crippen LogP) is 6.30. The first kappa shape index (κ1) is 31.9. The third-order valence-electron chi connectivity index (χ3n) is 7.06. The lowest BCUT2D eigenvalue weighted by Crippen LogP contribution is -2.38. The number of hydrogen-bond acceptors (Lipinski definition) is 9. The van der Waals surface area contributed by atoms with Crippen molar-refractivity contribution in [3.63, 3.8) is 0 Å². The zero-order valence-corrected chi connectivity index (χ0v) is 25.6. The van der Waals surface area contributed by atoms with E-state index >= 15 is 0 Å². The highest BCUT2D eigenvalue weighted by Crippen LogP contribution is 2.37. The summed E-state index contributed by atoms with van der Waals surface area (Å²) in [6, 6.07) is 0. The van der Waals surface area contributed by atoms with Crippen molar-refractivity contribution in [1.82, 2.24) is 15.0 Å². The van der Waals surface area contributed by atoms with Gasteiger partial charge in [-0.25, -0.2) is 4.98 Å². The van der Waals surface area contributed by atoms with Crippen molar-refractivity contribution in [2.24, 2.45) is 11.7 Å². The fourth-order valence-corrected chi connectivity index (χ4v) is 6.11. The highest BCUT2D eigenvalue weighted by atomic mass is 35.5. The summed E-state index contributed by atoms with van der Waals surface area (Å²) < 4.78 is 9.70. The normalized spacial score (nSPS) is 17.2. The molecule has 0 aromatic carbocycles. The van der Waals surface area contributed by atoms with Gasteiger partial charge in [0.1, 0.15) is 6.26 Å². The Bertz CT molecular complexity index is 1320. The van der Waals surface area contributed by atoms with E-state index in [4.69, 9.17) is 56.6 Å². The Morgan fingerprint density at radius 3 is 1.69 bits per heavy atom. The molecule has 2 fully saturated rings. The van der Waals surface area contributed by atoms with Crippen LogP contribution in [0, 0.1) is 5.92 Å². The Balaban J connectivity index is 0.000000162. The number of pyridine rings is 2. The Kier molecular flexibility index (Phi) is 11.7. The molecule has 3 aliphatic rings. The first-order valence-electron chi connectivity index (χ1n) is 13.4. The van der Waals surface area contributed by atoms with Gasteiger partial charge in [0.05, 0.1) is 50.3 Å². The van der Waals surface area contributed by atoms with Gasteiger partial charge in [0.15, 0.2) is 5.89 Å². The van der Waals surface area contributed by atoms with E-state index in [0.29, 0.717) is 32.4 Å². The standard InChI is InChI=1S/C13H13Cl2N3O.C11H13Cl2N3O.C4H4O2/c14-10-7-16-8-11(15)12(10)18-4-1-9(2-5-18)13-17-3-6-19-13;12-8-5-15-6-9(13)10(8)16-3-1-7(2-4-16)11(14)17;5-4-2-1-3-6-4/h3,6-9H,1-2,4-5H2;5-7H,1-4H2,(H2,14,17);1,3H,2H2. The Morgan fingerprint density at radius 1 is 0.833 bits per heavy atom. The second-order valence-corrected chi connectivity index (χ2v) is 11.4. The molecule has 0 bridgehead atoms. The predicted molar refractivity (Wildman–Crippen MR) is 163 cm³/mol. The van der Waals surface area contributed by atoms with Crippen LogP contribution in [0.3, 0.4) is 0 Å². The quantitative estimate of drug-likeness (QED) is 0.322. The first-order valence-corrected chi connectivity index (χ1v) is 14.9. The first-order chi connectivity index (χ1) is 20.2. The molecule has 10 nitrogen and oxygen atoms in total. The van der Waals surface area contributed by atoms with Gasteiger partial charge in [0, 0.05) is 62.8 Å². The summed E-state index contributed by atoms with van der Waals surface area (Å²) in [5.74, 6) is 0.787. The maximum Gasteiger partial charge on any atom is 0.314 e. The van der Waals surface area contributed by atoms with Crippen molar-refractivity contribution < 1.29 is 18.7 Å². The smallest absolute Gasteiger partial charge is 0.314 e. The van der Waals surface area contributed by atoms with Crippen LogP contribution in [-0.4, -0.2) is 53.0 Å². The summed E-state index contributed by atoms with van der Waals surface area (Å²) >= 11 is 24.5. The highest BCUT2D eigenvalue weighted by molar-refractivity contribution is 6.39. The van der Waals surface area contributed by atoms with Gasteiger partial charge in [-0.3, -0.25) is 19.6 Å². The molecule has 3 aliphatic heterocycles. The number of halogens is 4. The van der Waals surface area contributed by atoms with Gasteiger partial charge in [-0.05, 0) is 31.8 Å². The molecular weight excluding hydrogens is 626 g/mol. The van der Waals surface area contributed by atoms with E-state index < -0.39 is 0 Å². The summed E-state index contributed by atoms with van der Waals surface area (Å²) in [7, 11) is 0. The monoisotopic (exact) mass is 654 g/mol. The lowest BCUT2D eigenvalue weighted by atomic mass is 9.96. The van der Waals surface area contributed by atoms with Gasteiger partial charge >= 0.3 is 5.97 Å². The van der Waals surface area contributed by atoms with E-state index in [2.05, 4.69) is 29.5 Å². The average molecular weight is 656 g/mol. The van der Waals surface area contributed by atoms with Crippen LogP contribution >= 0.6 is 46.4 Å². The van der Waals surface area contributed by atoms with Crippen molar-refractivity contribution in [1.29, 1.82) is 0 Å². The summed E-state index contributed by atoms with van der Waals surface area (Å²) in [5, 5.41) is 2.27. The molecule has 6 heterocycles. The average Bonchev–Trinajstić information content (AvgIpc) is 3.69. The number of anilines is 2. The molecule has 0 radical (unpaired) electrons. The molecule has 42 heavy (non-hydrogen) atoms. The lowest BCUT2D eigenvalue weighted by Gasteiger charge is -2.33. The molecule has 6 rings (SSSR count). The number of oxazole rings is 1. The van der Waals surface area contributed by atoms with E-state index in [1.165, 1.54) is 6.26 Å². The molecular formula is C28H30Cl4N6O4. The summed E-state index contributed by atoms with van der Waals surface area (Å²) in [6.45, 7) is 3.24. The van der Waals surface area contributed by atoms with Crippen LogP contribution < -0.4 is 15.5 Å². The molecule has 224 valence electrons. The molecule has 0 saturated carbocycles. The molecule has 14 heteroatoms. The van der Waals surface area contributed by atoms with Gasteiger partial charge < -0.3 is 24.7 Å². The number of nitrogens with two attached hydrogens (primary N) is 1. The van der Waals surface area contributed by atoms with E-state index in [1.807, 2.05) is 0 Å². The molecule has 0 spiro atoms. The second-order valence-electron chi connectivity index (χ2n) is 9.76. The van der Waals surface area contributed by atoms with Gasteiger partial charge in [-0.15, -0.1) is 0 Å². The summed E-state index contributed by atoms with van der Waals surface area (Å²) in [4.78, 5) is 37.4. The van der Waals surface area contributed by atoms with E-state index in [-0.39, 0.29) is 17.8 Å². The Labute approximate surface area is 263 Å². The molecule has 3 aromatic rings. The van der Waals surface area contributed by atoms with Gasteiger partial charge in [-0.2, -0.15) is 0 Å². The SMILES string of the molecule is Clc1cncc(Cl)c1N1CCC(c2ncco2)CC1.NC(=O)C1CCN(c2c(Cl)cncc2Cl)CC1.O=C1CC=CO1. The fraction of sp³-hybridized carbons (Fsp3) is 0.393. The number of carbonyl (C=O) groups is 2. The number of hydrogen-bond donors (Lipinski definition) is 1. The molecule has 2 saturated heterocycles. The van der Waals surface area contributed by atoms with E-state index in [9.17, 15) is 9.59 Å². The topological polar surface area (TPSA) is 128 Å². The number of nitrogens with zero attached hydrogens (tertiary/aromatic N) is 5. The fourth-order valence-electron chi connectivity index (χ4n) is 4.90. The van der Waals surface area contributed by atoms with Crippen LogP contribution in [0.2, 0.25) is 20.1 Å². The number of aromatic nitrogens is 3. The second kappa shape index (κ2) is 15.4. The molecule has 0 unspecified atom stereocenters. The number of rotatable bonds is 4. The minimum atomic E-state index is -0.225. The van der Waals surface area contributed by atoms with Crippen LogP contribution in [0.5, 0.6) is 0 Å². The van der Waals surface area contributed by atoms with E-state index in [1.54, 1.807) is 43.3 Å². The van der Waals surface area contributed by atoms with Crippen LogP contribution in [0.15, 0.2) is 54.0 Å². The number of ether oxygens (including phenoxy) is 1. The minimum absolute atomic E-state index is 0.0364. The number of amides is 1. The minimum Gasteiger partial charge on any atom is -0.449 e. The zero-order valence-electron chi connectivity index (χ0n) is 22.6. The maximum absolute atomic E-state index is 11.1. The Morgan fingerprint density at radius 2 is 1.33 bits per heavy atom. The highest BCUT2D eigenvalue weighted by Gasteiger charge is 2.27. The molecule has 3 aromatic heterocycles. The van der Waals surface area contributed by atoms with E-state index in [0.717, 1.165) is 69.1 Å².